The molecule has 0 aromatic heterocycles. The predicted octanol–water partition coefficient (Wildman–Crippen LogP) is 3.39. The minimum Gasteiger partial charge on any atom is -0.479 e. The van der Waals surface area contributed by atoms with E-state index in [9.17, 15) is 40.6 Å². The Morgan fingerprint density at radius 1 is 0.571 bits per heavy atom. The van der Waals surface area contributed by atoms with Gasteiger partial charge in [0.1, 0.15) is 36.6 Å². The Morgan fingerprint density at radius 2 is 1.02 bits per heavy atom. The fraction of sp³-hybridized carbons (Fsp3) is 0.381. The summed E-state index contributed by atoms with van der Waals surface area (Å²) in [6.45, 7) is -0.540. The lowest BCUT2D eigenvalue weighted by Gasteiger charge is -2.49. The molecule has 0 spiro atoms. The van der Waals surface area contributed by atoms with E-state index in [0.29, 0.717) is 22.3 Å². The average molecular weight is 918 g/mol. The molecule has 19 nitrogen and oxygen atoms in total. The molecular formula is C42H47NO18S2. The molecule has 2 aliphatic heterocycles. The zero-order chi connectivity index (χ0) is 45.0. The van der Waals surface area contributed by atoms with E-state index in [1.807, 2.05) is 0 Å². The second-order valence-corrected chi connectivity index (χ2v) is 16.6. The Morgan fingerprint density at radius 3 is 1.44 bits per heavy atom. The molecule has 0 saturated carbocycles. The Bertz CT molecular complexity index is 2280. The van der Waals surface area contributed by atoms with Gasteiger partial charge in [0.15, 0.2) is 24.8 Å². The number of amides is 1. The van der Waals surface area contributed by atoms with Crippen LogP contribution in [-0.4, -0.2) is 111 Å². The lowest BCUT2D eigenvalue weighted by Crippen LogP contribution is -2.69. The molecule has 4 aromatic carbocycles. The summed E-state index contributed by atoms with van der Waals surface area (Å²) in [4.78, 5) is 26.1. The van der Waals surface area contributed by atoms with E-state index >= 15 is 0 Å². The van der Waals surface area contributed by atoms with Crippen LogP contribution in [0.1, 0.15) is 29.2 Å². The molecule has 4 N–H and O–H groups in total. The molecule has 2 fully saturated rings. The molecule has 21 heteroatoms. The number of carbonyl (C=O) groups excluding carboxylic acids is 1. The normalized spacial score (nSPS) is 26.5. The topological polar surface area (TPSA) is 258 Å². The van der Waals surface area contributed by atoms with E-state index in [1.165, 1.54) is 6.92 Å². The molecule has 2 aliphatic rings. The van der Waals surface area contributed by atoms with Crippen molar-refractivity contribution >= 4 is 32.7 Å². The van der Waals surface area contributed by atoms with Crippen molar-refractivity contribution in [2.75, 3.05) is 6.61 Å². The van der Waals surface area contributed by atoms with E-state index in [1.54, 1.807) is 121 Å². The van der Waals surface area contributed by atoms with Crippen molar-refractivity contribution in [2.45, 2.75) is 94.7 Å². The number of ether oxygens (including phenoxy) is 7. The summed E-state index contributed by atoms with van der Waals surface area (Å²) >= 11 is 0. The van der Waals surface area contributed by atoms with Crippen molar-refractivity contribution in [3.8, 4) is 0 Å². The highest BCUT2D eigenvalue weighted by molar-refractivity contribution is 7.81. The summed E-state index contributed by atoms with van der Waals surface area (Å²) in [5.41, 5.74) is 2.43. The van der Waals surface area contributed by atoms with E-state index < -0.39 is 101 Å². The largest absolute Gasteiger partial charge is 0.479 e. The van der Waals surface area contributed by atoms with Crippen molar-refractivity contribution in [1.29, 1.82) is 0 Å². The maximum absolute atomic E-state index is 13.1. The average Bonchev–Trinajstić information content (AvgIpc) is 3.25. The summed E-state index contributed by atoms with van der Waals surface area (Å²) in [5.74, 6) is -2.25. The van der Waals surface area contributed by atoms with Gasteiger partial charge in [-0.05, 0) is 22.3 Å². The first-order valence-corrected chi connectivity index (χ1v) is 22.2. The highest BCUT2D eigenvalue weighted by Gasteiger charge is 2.57. The van der Waals surface area contributed by atoms with Gasteiger partial charge in [0.25, 0.3) is 0 Å². The number of hydrogen-bond acceptors (Lipinski definition) is 15. The van der Waals surface area contributed by atoms with Gasteiger partial charge in [0.05, 0.1) is 33.0 Å². The van der Waals surface area contributed by atoms with Crippen LogP contribution in [-0.2, 0) is 98.3 Å². The molecule has 340 valence electrons. The van der Waals surface area contributed by atoms with Gasteiger partial charge >= 0.3 is 26.8 Å². The molecular weight excluding hydrogens is 871 g/mol. The Balaban J connectivity index is 1.44. The highest BCUT2D eigenvalue weighted by atomic mass is 32.3. The predicted molar refractivity (Wildman–Crippen MR) is 218 cm³/mol. The zero-order valence-corrected chi connectivity index (χ0v) is 35.3. The number of nitrogens with one attached hydrogen (secondary N) is 1. The minimum atomic E-state index is -5.43. The summed E-state index contributed by atoms with van der Waals surface area (Å²) in [7, 11) is -10.5. The van der Waals surface area contributed by atoms with E-state index in [0.717, 1.165) is 0 Å². The third kappa shape index (κ3) is 14.4. The third-order valence-electron chi connectivity index (χ3n) is 9.77. The molecule has 6 rings (SSSR count). The molecule has 63 heavy (non-hydrogen) atoms. The lowest BCUT2D eigenvalue weighted by atomic mass is 9.94. The molecule has 2 saturated heterocycles. The first-order valence-electron chi connectivity index (χ1n) is 19.5. The number of benzene rings is 4. The minimum absolute atomic E-state index is 0.138. The Labute approximate surface area is 364 Å². The Kier molecular flexibility index (Phi) is 16.9. The molecule has 0 aliphatic carbocycles. The van der Waals surface area contributed by atoms with Gasteiger partial charge < -0.3 is 43.6 Å². The number of rotatable bonds is 21. The van der Waals surface area contributed by atoms with Gasteiger partial charge in [-0.15, -0.1) is 0 Å². The number of carboxylic acid groups (broad SMARTS) is 1. The van der Waals surface area contributed by atoms with E-state index in [4.69, 9.17) is 41.5 Å². The highest BCUT2D eigenvalue weighted by Crippen LogP contribution is 2.36. The number of hydrogen-bond donors (Lipinski definition) is 4. The van der Waals surface area contributed by atoms with Crippen LogP contribution in [0.25, 0.3) is 0 Å². The van der Waals surface area contributed by atoms with Gasteiger partial charge in [-0.2, -0.15) is 16.8 Å². The Hall–Kier alpha value is -4.72. The van der Waals surface area contributed by atoms with Gasteiger partial charge in [-0.3, -0.25) is 13.9 Å². The van der Waals surface area contributed by atoms with Gasteiger partial charge in [-0.1, -0.05) is 121 Å². The summed E-state index contributed by atoms with van der Waals surface area (Å²) < 4.78 is 123. The quantitative estimate of drug-likeness (QED) is 0.0874. The molecule has 0 unspecified atom stereocenters. The second-order valence-electron chi connectivity index (χ2n) is 14.4. The molecule has 0 bridgehead atoms. The molecule has 0 radical (unpaired) electrons. The molecule has 10 atom stereocenters. The first kappa shape index (κ1) is 47.8. The number of carbonyl (C=O) groups is 2. The molecule has 1 amide bonds. The summed E-state index contributed by atoms with van der Waals surface area (Å²) in [6, 6.07) is 33.1. The van der Waals surface area contributed by atoms with E-state index in [2.05, 4.69) is 5.32 Å². The summed E-state index contributed by atoms with van der Waals surface area (Å²) in [5, 5.41) is 13.3. The zero-order valence-electron chi connectivity index (χ0n) is 33.6. The van der Waals surface area contributed by atoms with E-state index in [-0.39, 0.29) is 26.4 Å². The van der Waals surface area contributed by atoms with Crippen molar-refractivity contribution in [1.82, 2.24) is 5.32 Å². The lowest BCUT2D eigenvalue weighted by molar-refractivity contribution is -0.348. The molecule has 4 aromatic rings. The van der Waals surface area contributed by atoms with Crippen LogP contribution in [0.4, 0.5) is 0 Å². The van der Waals surface area contributed by atoms with Crippen molar-refractivity contribution in [3.05, 3.63) is 144 Å². The van der Waals surface area contributed by atoms with Crippen LogP contribution in [0.5, 0.6) is 0 Å². The molecule has 2 heterocycles. The standard InChI is InChI=1S/C42H47NO18S2/c1-27(44)43-33-35(34(53-22-28-14-6-2-7-15-28)32(26-57-62(47,48)49)58-41(33)56-25-31-20-12-5-13-21-31)59-42-39(61-63(50,51)52)37(55-24-30-18-10-4-11-19-30)36(38(60-42)40(45)46)54-23-29-16-8-3-9-17-29/h2-21,32-39,41-42H,22-26H2,1H3,(H,43,44)(H,45,46)(H,47,48,49)(H,50,51,52)/t32-,33-,34+,35-,36+,37+,38+,39-,41-,42-/m1/s1. The van der Waals surface area contributed by atoms with Crippen molar-refractivity contribution in [3.63, 3.8) is 0 Å². The van der Waals surface area contributed by atoms with Crippen LogP contribution in [0.15, 0.2) is 121 Å². The van der Waals surface area contributed by atoms with Crippen LogP contribution in [0.3, 0.4) is 0 Å². The smallest absolute Gasteiger partial charge is 0.397 e. The van der Waals surface area contributed by atoms with Gasteiger partial charge in [0.2, 0.25) is 5.91 Å². The third-order valence-corrected chi connectivity index (χ3v) is 10.7. The van der Waals surface area contributed by atoms with Crippen molar-refractivity contribution in [2.24, 2.45) is 0 Å². The van der Waals surface area contributed by atoms with Crippen LogP contribution < -0.4 is 5.32 Å². The monoisotopic (exact) mass is 917 g/mol. The maximum Gasteiger partial charge on any atom is 0.397 e. The van der Waals surface area contributed by atoms with Gasteiger partial charge in [-0.25, -0.2) is 13.2 Å². The number of aliphatic carboxylic acids is 1. The first-order chi connectivity index (χ1) is 30.1. The van der Waals surface area contributed by atoms with Crippen LogP contribution in [0, 0.1) is 0 Å². The second kappa shape index (κ2) is 22.3. The van der Waals surface area contributed by atoms with Crippen LogP contribution >= 0.6 is 0 Å². The maximum atomic E-state index is 13.1. The fourth-order valence-corrected chi connectivity index (χ4v) is 7.81. The van der Waals surface area contributed by atoms with Gasteiger partial charge in [0, 0.05) is 6.92 Å². The summed E-state index contributed by atoms with van der Waals surface area (Å²) in [6.07, 6.45) is -15.7. The van der Waals surface area contributed by atoms with Crippen LogP contribution in [0.2, 0.25) is 0 Å². The SMILES string of the molecule is CC(=O)N[C@H]1[C@H](OCc2ccccc2)O[C@H](COS(=O)(=O)O)[C@H](OCc2ccccc2)[C@@H]1O[C@@H]1O[C@H](C(=O)O)[C@@H](OCc2ccccc2)[C@H](OCc2ccccc2)[C@H]1OS(=O)(=O)O. The number of carboxylic acids is 1. The van der Waals surface area contributed by atoms with Crippen molar-refractivity contribution < 1.29 is 82.2 Å². The fourth-order valence-electron chi connectivity index (χ4n) is 7.03.